The van der Waals surface area contributed by atoms with Gasteiger partial charge in [0.25, 0.3) is 0 Å². The molecule has 15 heavy (non-hydrogen) atoms. The second-order valence-electron chi connectivity index (χ2n) is 3.70. The molecule has 1 nitrogen and oxygen atoms in total. The van der Waals surface area contributed by atoms with Crippen LogP contribution in [0.25, 0.3) is 11.1 Å². The molecule has 1 aromatic carbocycles. The molecule has 0 bridgehead atoms. The van der Waals surface area contributed by atoms with Crippen LogP contribution in [0.3, 0.4) is 0 Å². The van der Waals surface area contributed by atoms with Crippen molar-refractivity contribution >= 4 is 0 Å². The van der Waals surface area contributed by atoms with Crippen molar-refractivity contribution < 1.29 is 0 Å². The van der Waals surface area contributed by atoms with E-state index in [1.807, 2.05) is 19.2 Å². The van der Waals surface area contributed by atoms with Crippen LogP contribution in [-0.2, 0) is 6.42 Å². The quantitative estimate of drug-likeness (QED) is 0.716. The molecule has 1 heteroatoms. The van der Waals surface area contributed by atoms with E-state index in [0.29, 0.717) is 0 Å². The molecule has 0 N–H and O–H groups in total. The summed E-state index contributed by atoms with van der Waals surface area (Å²) >= 11 is 0. The number of aryl methyl sites for hydroxylation is 2. The van der Waals surface area contributed by atoms with Crippen LogP contribution in [0.4, 0.5) is 0 Å². The lowest BCUT2D eigenvalue weighted by Crippen LogP contribution is -1.91. The normalized spacial score (nSPS) is 10.3. The zero-order chi connectivity index (χ0) is 10.7. The van der Waals surface area contributed by atoms with Crippen LogP contribution in [0.15, 0.2) is 42.6 Å². The fourth-order valence-corrected chi connectivity index (χ4v) is 1.76. The Morgan fingerprint density at radius 3 is 2.53 bits per heavy atom. The lowest BCUT2D eigenvalue weighted by atomic mass is 9.99. The number of hydrogen-bond donors (Lipinski definition) is 0. The Labute approximate surface area is 90.8 Å². The van der Waals surface area contributed by atoms with Crippen LogP contribution in [-0.4, -0.2) is 4.98 Å². The van der Waals surface area contributed by atoms with Gasteiger partial charge in [-0.1, -0.05) is 37.3 Å². The lowest BCUT2D eigenvalue weighted by Gasteiger charge is -2.08. The molecule has 2 aromatic rings. The summed E-state index contributed by atoms with van der Waals surface area (Å²) in [5, 5.41) is 0. The molecular formula is C14H15N. The summed E-state index contributed by atoms with van der Waals surface area (Å²) in [5.74, 6) is 0. The molecule has 2 rings (SSSR count). The molecule has 0 spiro atoms. The van der Waals surface area contributed by atoms with Crippen molar-refractivity contribution in [2.75, 3.05) is 0 Å². The van der Waals surface area contributed by atoms with Gasteiger partial charge in [0, 0.05) is 11.9 Å². The molecule has 0 aliphatic heterocycles. The summed E-state index contributed by atoms with van der Waals surface area (Å²) in [6.07, 6.45) is 3.01. The maximum atomic E-state index is 4.34. The average molecular weight is 197 g/mol. The number of hydrogen-bond acceptors (Lipinski definition) is 1. The van der Waals surface area contributed by atoms with Crippen molar-refractivity contribution in [3.63, 3.8) is 0 Å². The molecule has 0 aliphatic rings. The molecule has 0 amide bonds. The highest BCUT2D eigenvalue weighted by atomic mass is 14.7. The molecule has 0 unspecified atom stereocenters. The molecule has 0 saturated heterocycles. The molecule has 1 aromatic heterocycles. The average Bonchev–Trinajstić information content (AvgIpc) is 2.30. The molecule has 0 fully saturated rings. The van der Waals surface area contributed by atoms with Crippen LogP contribution >= 0.6 is 0 Å². The van der Waals surface area contributed by atoms with Gasteiger partial charge in [-0.05, 0) is 36.1 Å². The van der Waals surface area contributed by atoms with Gasteiger partial charge < -0.3 is 0 Å². The van der Waals surface area contributed by atoms with Crippen LogP contribution in [0.5, 0.6) is 0 Å². The Hall–Kier alpha value is -1.63. The number of benzene rings is 1. The van der Waals surface area contributed by atoms with Gasteiger partial charge in [-0.3, -0.25) is 4.98 Å². The standard InChI is InChI=1S/C14H15N/c1-3-12-10-15-11(2)9-14(12)13-7-5-4-6-8-13/h4-10H,3H2,1-2H3. The van der Waals surface area contributed by atoms with E-state index in [1.54, 1.807) is 0 Å². The molecule has 76 valence electrons. The minimum absolute atomic E-state index is 1.03. The van der Waals surface area contributed by atoms with E-state index in [9.17, 15) is 0 Å². The number of aromatic nitrogens is 1. The molecular weight excluding hydrogens is 182 g/mol. The molecule has 1 heterocycles. The minimum Gasteiger partial charge on any atom is -0.261 e. The fraction of sp³-hybridized carbons (Fsp3) is 0.214. The third kappa shape index (κ3) is 2.07. The first kappa shape index (κ1) is 9.91. The van der Waals surface area contributed by atoms with Crippen LogP contribution in [0, 0.1) is 6.92 Å². The summed E-state index contributed by atoms with van der Waals surface area (Å²) in [5.41, 5.74) is 4.98. The Kier molecular flexibility index (Phi) is 2.82. The monoisotopic (exact) mass is 197 g/mol. The first-order chi connectivity index (χ1) is 7.31. The first-order valence-corrected chi connectivity index (χ1v) is 5.32. The second-order valence-corrected chi connectivity index (χ2v) is 3.70. The SMILES string of the molecule is CCc1cnc(C)cc1-c1ccccc1. The Morgan fingerprint density at radius 2 is 1.87 bits per heavy atom. The number of pyridine rings is 1. The second kappa shape index (κ2) is 4.26. The summed E-state index contributed by atoms with van der Waals surface area (Å²) in [7, 11) is 0. The smallest absolute Gasteiger partial charge is 0.0379 e. The third-order valence-electron chi connectivity index (χ3n) is 2.59. The minimum atomic E-state index is 1.03. The summed E-state index contributed by atoms with van der Waals surface area (Å²) in [4.78, 5) is 4.34. The molecule has 0 aliphatic carbocycles. The summed E-state index contributed by atoms with van der Waals surface area (Å²) < 4.78 is 0. The molecule has 0 saturated carbocycles. The maximum Gasteiger partial charge on any atom is 0.0379 e. The molecule has 0 atom stereocenters. The van der Waals surface area contributed by atoms with Crippen LogP contribution in [0.2, 0.25) is 0 Å². The van der Waals surface area contributed by atoms with E-state index in [0.717, 1.165) is 12.1 Å². The topological polar surface area (TPSA) is 12.9 Å². The van der Waals surface area contributed by atoms with Crippen molar-refractivity contribution in [3.05, 3.63) is 53.9 Å². The van der Waals surface area contributed by atoms with Gasteiger partial charge in [-0.2, -0.15) is 0 Å². The van der Waals surface area contributed by atoms with Gasteiger partial charge in [0.15, 0.2) is 0 Å². The van der Waals surface area contributed by atoms with Gasteiger partial charge in [0.05, 0.1) is 0 Å². The van der Waals surface area contributed by atoms with E-state index in [4.69, 9.17) is 0 Å². The van der Waals surface area contributed by atoms with Crippen molar-refractivity contribution in [1.29, 1.82) is 0 Å². The van der Waals surface area contributed by atoms with Crippen molar-refractivity contribution in [3.8, 4) is 11.1 Å². The van der Waals surface area contributed by atoms with E-state index < -0.39 is 0 Å². The highest BCUT2D eigenvalue weighted by molar-refractivity contribution is 5.67. The van der Waals surface area contributed by atoms with E-state index in [-0.39, 0.29) is 0 Å². The van der Waals surface area contributed by atoms with Crippen molar-refractivity contribution in [2.24, 2.45) is 0 Å². The van der Waals surface area contributed by atoms with Crippen LogP contribution in [0.1, 0.15) is 18.2 Å². The van der Waals surface area contributed by atoms with Gasteiger partial charge in [0.2, 0.25) is 0 Å². The lowest BCUT2D eigenvalue weighted by molar-refractivity contribution is 1.08. The van der Waals surface area contributed by atoms with E-state index in [1.165, 1.54) is 16.7 Å². The predicted molar refractivity (Wildman–Crippen MR) is 63.8 cm³/mol. The largest absolute Gasteiger partial charge is 0.261 e. The van der Waals surface area contributed by atoms with Gasteiger partial charge >= 0.3 is 0 Å². The first-order valence-electron chi connectivity index (χ1n) is 5.32. The van der Waals surface area contributed by atoms with Gasteiger partial charge in [-0.25, -0.2) is 0 Å². The maximum absolute atomic E-state index is 4.34. The fourth-order valence-electron chi connectivity index (χ4n) is 1.76. The summed E-state index contributed by atoms with van der Waals surface area (Å²) in [6.45, 7) is 4.20. The number of rotatable bonds is 2. The third-order valence-corrected chi connectivity index (χ3v) is 2.59. The Morgan fingerprint density at radius 1 is 1.13 bits per heavy atom. The van der Waals surface area contributed by atoms with Gasteiger partial charge in [-0.15, -0.1) is 0 Å². The van der Waals surface area contributed by atoms with Crippen molar-refractivity contribution in [2.45, 2.75) is 20.3 Å². The molecule has 0 radical (unpaired) electrons. The van der Waals surface area contributed by atoms with E-state index in [2.05, 4.69) is 42.2 Å². The number of nitrogens with zero attached hydrogens (tertiary/aromatic N) is 1. The highest BCUT2D eigenvalue weighted by Crippen LogP contribution is 2.23. The predicted octanol–water partition coefficient (Wildman–Crippen LogP) is 3.62. The Bertz CT molecular complexity index is 446. The van der Waals surface area contributed by atoms with Crippen molar-refractivity contribution in [1.82, 2.24) is 4.98 Å². The van der Waals surface area contributed by atoms with Gasteiger partial charge in [0.1, 0.15) is 0 Å². The zero-order valence-corrected chi connectivity index (χ0v) is 9.20. The summed E-state index contributed by atoms with van der Waals surface area (Å²) in [6, 6.07) is 12.6. The van der Waals surface area contributed by atoms with E-state index >= 15 is 0 Å². The highest BCUT2D eigenvalue weighted by Gasteiger charge is 2.03. The van der Waals surface area contributed by atoms with Crippen LogP contribution < -0.4 is 0 Å². The zero-order valence-electron chi connectivity index (χ0n) is 9.20. The Balaban J connectivity index is 2.56.